The Morgan fingerprint density at radius 1 is 1.31 bits per heavy atom. The lowest BCUT2D eigenvalue weighted by molar-refractivity contribution is 0.595. The average Bonchev–Trinajstić information content (AvgIpc) is 2.67. The van der Waals surface area contributed by atoms with Gasteiger partial charge in [-0.1, -0.05) is 23.7 Å². The molecule has 3 heterocycles. The summed E-state index contributed by atoms with van der Waals surface area (Å²) >= 11 is 5.91. The van der Waals surface area contributed by atoms with Crippen LogP contribution in [0.3, 0.4) is 0 Å². The molecule has 2 aliphatic heterocycles. The van der Waals surface area contributed by atoms with Gasteiger partial charge in [0.15, 0.2) is 7.14 Å². The lowest BCUT2D eigenvalue weighted by Crippen LogP contribution is -2.14. The average molecular weight is 208 g/mol. The molecule has 0 saturated carbocycles. The van der Waals surface area contributed by atoms with Gasteiger partial charge in [0.25, 0.3) is 0 Å². The molecule has 4 heteroatoms. The van der Waals surface area contributed by atoms with Crippen LogP contribution >= 0.6 is 18.7 Å². The second kappa shape index (κ2) is 1.56. The molecule has 2 aliphatic rings. The van der Waals surface area contributed by atoms with Crippen molar-refractivity contribution in [2.24, 2.45) is 0 Å². The Hall–Kier alpha value is -0.850. The van der Waals surface area contributed by atoms with Crippen LogP contribution < -0.4 is 15.9 Å². The summed E-state index contributed by atoms with van der Waals surface area (Å²) in [5.41, 5.74) is 0.880. The Morgan fingerprint density at radius 2 is 2.15 bits per heavy atom. The van der Waals surface area contributed by atoms with Gasteiger partial charge in [-0.05, 0) is 6.07 Å². The molecular formula is C9H3ClNOP. The molecule has 4 rings (SSSR count). The highest BCUT2D eigenvalue weighted by atomic mass is 35.5. The van der Waals surface area contributed by atoms with E-state index < -0.39 is 7.14 Å². The summed E-state index contributed by atoms with van der Waals surface area (Å²) in [6.07, 6.45) is 0. The highest BCUT2D eigenvalue weighted by molar-refractivity contribution is 7.99. The van der Waals surface area contributed by atoms with Crippen LogP contribution in [-0.4, -0.2) is 4.98 Å². The predicted molar refractivity (Wildman–Crippen MR) is 53.3 cm³/mol. The van der Waals surface area contributed by atoms with Crippen LogP contribution in [0.5, 0.6) is 0 Å². The van der Waals surface area contributed by atoms with Crippen LogP contribution in [0.15, 0.2) is 18.2 Å². The van der Waals surface area contributed by atoms with E-state index in [-0.39, 0.29) is 0 Å². The predicted octanol–water partition coefficient (Wildman–Crippen LogP) is 1.15. The van der Waals surface area contributed by atoms with Gasteiger partial charge in [0.05, 0.1) is 10.8 Å². The van der Waals surface area contributed by atoms with Gasteiger partial charge in [-0.25, -0.2) is 4.98 Å². The topological polar surface area (TPSA) is 30.0 Å². The fourth-order valence-electron chi connectivity index (χ4n) is 2.21. The maximum atomic E-state index is 12.1. The first-order valence-corrected chi connectivity index (χ1v) is 6.07. The van der Waals surface area contributed by atoms with Crippen LogP contribution in [0.4, 0.5) is 0 Å². The van der Waals surface area contributed by atoms with Crippen LogP contribution in [0, 0.1) is 0 Å². The van der Waals surface area contributed by atoms with Gasteiger partial charge < -0.3 is 4.57 Å². The second-order valence-electron chi connectivity index (χ2n) is 3.38. The smallest absolute Gasteiger partial charge is 0.177 e. The third-order valence-corrected chi connectivity index (χ3v) is 6.19. The van der Waals surface area contributed by atoms with Gasteiger partial charge >= 0.3 is 0 Å². The molecule has 0 aliphatic carbocycles. The normalized spacial score (nSPS) is 25.9. The van der Waals surface area contributed by atoms with Crippen LogP contribution in [-0.2, 0) is 4.57 Å². The Kier molecular flexibility index (Phi) is 0.789. The Labute approximate surface area is 78.9 Å². The molecule has 62 valence electrons. The maximum absolute atomic E-state index is 12.1. The zero-order valence-electron chi connectivity index (χ0n) is 6.41. The number of hydrogen-bond acceptors (Lipinski definition) is 2. The number of benzene rings is 1. The quantitative estimate of drug-likeness (QED) is 0.320. The Bertz CT molecular complexity index is 650. The fraction of sp³-hybridized carbons (Fsp3) is 0. The molecule has 0 radical (unpaired) electrons. The first-order chi connectivity index (χ1) is 6.24. The van der Waals surface area contributed by atoms with E-state index in [9.17, 15) is 4.57 Å². The molecule has 1 atom stereocenters. The van der Waals surface area contributed by atoms with Gasteiger partial charge in [-0.3, -0.25) is 0 Å². The third kappa shape index (κ3) is 0.458. The summed E-state index contributed by atoms with van der Waals surface area (Å²) in [6.45, 7) is 0. The minimum atomic E-state index is -2.23. The van der Waals surface area contributed by atoms with Crippen molar-refractivity contribution >= 4 is 45.6 Å². The minimum Gasteiger partial charge on any atom is -0.308 e. The van der Waals surface area contributed by atoms with Crippen molar-refractivity contribution in [3.8, 4) is 0 Å². The summed E-state index contributed by atoms with van der Waals surface area (Å²) in [4.78, 5) is 4.20. The van der Waals surface area contributed by atoms with Crippen LogP contribution in [0.2, 0.25) is 5.15 Å². The van der Waals surface area contributed by atoms with Gasteiger partial charge in [-0.15, -0.1) is 0 Å². The van der Waals surface area contributed by atoms with E-state index in [1.807, 2.05) is 18.2 Å². The number of aromatic nitrogens is 1. The van der Waals surface area contributed by atoms with Crippen molar-refractivity contribution in [1.29, 1.82) is 0 Å². The lowest BCUT2D eigenvalue weighted by Gasteiger charge is -2.09. The van der Waals surface area contributed by atoms with Crippen LogP contribution in [0.25, 0.3) is 10.9 Å². The van der Waals surface area contributed by atoms with Gasteiger partial charge in [0, 0.05) is 16.0 Å². The molecule has 2 nitrogen and oxygen atoms in total. The summed E-state index contributed by atoms with van der Waals surface area (Å²) in [6, 6.07) is 5.72. The monoisotopic (exact) mass is 207 g/mol. The first-order valence-electron chi connectivity index (χ1n) is 3.98. The van der Waals surface area contributed by atoms with Crippen molar-refractivity contribution in [3.63, 3.8) is 0 Å². The van der Waals surface area contributed by atoms with E-state index in [0.29, 0.717) is 5.15 Å². The fourth-order valence-corrected chi connectivity index (χ4v) is 5.78. The standard InChI is InChI=1S/C9H3ClNOP/c10-9-8-7-6-4(11-9)2-1-3-5(6)13(7,8)12/h1-3H. The molecule has 0 spiro atoms. The molecule has 13 heavy (non-hydrogen) atoms. The van der Waals surface area contributed by atoms with E-state index in [1.54, 1.807) is 0 Å². The molecule has 1 aromatic heterocycles. The number of hydrogen-bond donors (Lipinski definition) is 0. The SMILES string of the molecule is O=P12c3c(Cl)nc4cccc1c4c32. The zero-order valence-corrected chi connectivity index (χ0v) is 8.06. The molecule has 0 fully saturated rings. The van der Waals surface area contributed by atoms with Gasteiger partial charge in [0.2, 0.25) is 0 Å². The second-order valence-corrected chi connectivity index (χ2v) is 6.33. The molecular weight excluding hydrogens is 205 g/mol. The van der Waals surface area contributed by atoms with E-state index in [2.05, 4.69) is 4.98 Å². The minimum absolute atomic E-state index is 0.437. The number of fused-ring (bicyclic) bond motifs is 2. The lowest BCUT2D eigenvalue weighted by atomic mass is 10.2. The largest absolute Gasteiger partial charge is 0.308 e. The first kappa shape index (κ1) is 6.58. The van der Waals surface area contributed by atoms with E-state index >= 15 is 0 Å². The molecule has 0 bridgehead atoms. The van der Waals surface area contributed by atoms with Crippen molar-refractivity contribution in [1.82, 2.24) is 4.98 Å². The Morgan fingerprint density at radius 3 is 3.00 bits per heavy atom. The molecule has 0 saturated heterocycles. The highest BCUT2D eigenvalue weighted by Crippen LogP contribution is 2.64. The van der Waals surface area contributed by atoms with Gasteiger partial charge in [0.1, 0.15) is 5.15 Å². The summed E-state index contributed by atoms with van der Waals surface area (Å²) in [7, 11) is -2.23. The molecule has 0 N–H and O–H groups in total. The summed E-state index contributed by atoms with van der Waals surface area (Å²) in [5.74, 6) is 0. The molecule has 1 aromatic carbocycles. The maximum Gasteiger partial charge on any atom is 0.177 e. The summed E-state index contributed by atoms with van der Waals surface area (Å²) in [5, 5.41) is 4.31. The van der Waals surface area contributed by atoms with Gasteiger partial charge in [-0.2, -0.15) is 0 Å². The van der Waals surface area contributed by atoms with E-state index in [1.165, 1.54) is 0 Å². The Balaban J connectivity index is 2.41. The number of rotatable bonds is 0. The number of pyridine rings is 1. The summed E-state index contributed by atoms with van der Waals surface area (Å²) < 4.78 is 12.1. The zero-order chi connectivity index (χ0) is 8.79. The number of halogens is 1. The van der Waals surface area contributed by atoms with Crippen molar-refractivity contribution < 1.29 is 4.57 Å². The van der Waals surface area contributed by atoms with Crippen molar-refractivity contribution in [2.45, 2.75) is 0 Å². The van der Waals surface area contributed by atoms with E-state index in [4.69, 9.17) is 11.6 Å². The van der Waals surface area contributed by atoms with Crippen molar-refractivity contribution in [2.75, 3.05) is 0 Å². The molecule has 1 unspecified atom stereocenters. The van der Waals surface area contributed by atoms with Crippen LogP contribution in [0.1, 0.15) is 0 Å². The number of nitrogens with zero attached hydrogens (tertiary/aromatic N) is 1. The third-order valence-electron chi connectivity index (χ3n) is 2.81. The van der Waals surface area contributed by atoms with E-state index in [0.717, 1.165) is 26.8 Å². The molecule has 2 aromatic rings. The molecule has 0 amide bonds. The van der Waals surface area contributed by atoms with Crippen molar-refractivity contribution in [3.05, 3.63) is 23.4 Å². The highest BCUT2D eigenvalue weighted by Gasteiger charge is 2.60.